The molecule has 25 heavy (non-hydrogen) atoms. The number of anilines is 1. The Hall–Kier alpha value is -3.01. The minimum Gasteiger partial charge on any atom is -0.497 e. The maximum Gasteiger partial charge on any atom is 0.336 e. The minimum absolute atomic E-state index is 0.329. The average Bonchev–Trinajstić information content (AvgIpc) is 2.60. The largest absolute Gasteiger partial charge is 0.497 e. The summed E-state index contributed by atoms with van der Waals surface area (Å²) in [7, 11) is 3.76. The van der Waals surface area contributed by atoms with E-state index in [9.17, 15) is 4.79 Å². The molecular formula is C21H19NO3. The van der Waals surface area contributed by atoms with Crippen LogP contribution in [-0.4, -0.2) is 14.2 Å². The van der Waals surface area contributed by atoms with Crippen LogP contribution in [0.25, 0.3) is 22.6 Å². The Morgan fingerprint density at radius 1 is 1.12 bits per heavy atom. The molecule has 126 valence electrons. The van der Waals surface area contributed by atoms with Gasteiger partial charge < -0.3 is 14.1 Å². The van der Waals surface area contributed by atoms with E-state index in [1.54, 1.807) is 7.11 Å². The first kappa shape index (κ1) is 15.5. The summed E-state index contributed by atoms with van der Waals surface area (Å²) in [6, 6.07) is 13.4. The molecule has 0 aliphatic carbocycles. The van der Waals surface area contributed by atoms with E-state index in [0.29, 0.717) is 5.58 Å². The predicted molar refractivity (Wildman–Crippen MR) is 101 cm³/mol. The number of allylic oxidation sites excluding steroid dienone is 1. The summed E-state index contributed by atoms with van der Waals surface area (Å²) in [4.78, 5) is 13.7. The van der Waals surface area contributed by atoms with Gasteiger partial charge in [0.25, 0.3) is 0 Å². The second kappa shape index (κ2) is 5.81. The van der Waals surface area contributed by atoms with E-state index in [4.69, 9.17) is 9.15 Å². The number of ether oxygens (including phenoxy) is 1. The summed E-state index contributed by atoms with van der Waals surface area (Å²) in [5.74, 6) is 0.862. The summed E-state index contributed by atoms with van der Waals surface area (Å²) >= 11 is 0. The van der Waals surface area contributed by atoms with Crippen LogP contribution in [0.15, 0.2) is 51.7 Å². The van der Waals surface area contributed by atoms with Gasteiger partial charge in [0.1, 0.15) is 11.3 Å². The molecule has 1 aliphatic rings. The molecule has 4 heteroatoms. The highest BCUT2D eigenvalue weighted by Gasteiger charge is 2.17. The van der Waals surface area contributed by atoms with Crippen LogP contribution < -0.4 is 15.3 Å². The quantitative estimate of drug-likeness (QED) is 0.622. The van der Waals surface area contributed by atoms with Crippen LogP contribution in [0, 0.1) is 0 Å². The van der Waals surface area contributed by atoms with Gasteiger partial charge >= 0.3 is 5.63 Å². The first-order valence-electron chi connectivity index (χ1n) is 8.20. The normalized spacial score (nSPS) is 15.6. The van der Waals surface area contributed by atoms with Crippen molar-refractivity contribution in [2.75, 3.05) is 19.1 Å². The highest BCUT2D eigenvalue weighted by molar-refractivity contribution is 5.98. The van der Waals surface area contributed by atoms with E-state index < -0.39 is 0 Å². The molecule has 2 aromatic carbocycles. The van der Waals surface area contributed by atoms with E-state index in [2.05, 4.69) is 37.1 Å². The Balaban J connectivity index is 2.00. The van der Waals surface area contributed by atoms with Gasteiger partial charge in [0.05, 0.1) is 7.11 Å². The van der Waals surface area contributed by atoms with Gasteiger partial charge in [-0.05, 0) is 60.0 Å². The molecule has 0 unspecified atom stereocenters. The number of benzene rings is 2. The van der Waals surface area contributed by atoms with Crippen LogP contribution in [0.1, 0.15) is 23.6 Å². The third-order valence-electron chi connectivity index (χ3n) is 4.74. The van der Waals surface area contributed by atoms with Crippen molar-refractivity contribution in [3.05, 3.63) is 69.6 Å². The number of rotatable bonds is 1. The number of hydrogen-bond acceptors (Lipinski definition) is 4. The van der Waals surface area contributed by atoms with Crippen LogP contribution in [0.4, 0.5) is 5.69 Å². The number of fused-ring (bicyclic) bond motifs is 4. The highest BCUT2D eigenvalue weighted by Crippen LogP contribution is 2.36. The van der Waals surface area contributed by atoms with Gasteiger partial charge in [0.15, 0.2) is 0 Å². The van der Waals surface area contributed by atoms with E-state index in [0.717, 1.165) is 28.9 Å². The van der Waals surface area contributed by atoms with Crippen LogP contribution in [0.3, 0.4) is 0 Å². The fraction of sp³-hybridized carbons (Fsp3) is 0.190. The molecule has 4 rings (SSSR count). The third-order valence-corrected chi connectivity index (χ3v) is 4.74. The predicted octanol–water partition coefficient (Wildman–Crippen LogP) is 4.31. The summed E-state index contributed by atoms with van der Waals surface area (Å²) in [5.41, 5.74) is 6.06. The van der Waals surface area contributed by atoms with Gasteiger partial charge in [-0.2, -0.15) is 0 Å². The van der Waals surface area contributed by atoms with Crippen molar-refractivity contribution in [2.24, 2.45) is 0 Å². The Labute approximate surface area is 146 Å². The lowest BCUT2D eigenvalue weighted by molar-refractivity contribution is 0.414. The molecule has 1 aliphatic heterocycles. The molecule has 0 saturated carbocycles. The van der Waals surface area contributed by atoms with Gasteiger partial charge in [-0.3, -0.25) is 0 Å². The Morgan fingerprint density at radius 3 is 2.76 bits per heavy atom. The SMILES string of the molecule is COc1ccc2c(c1)CN(C)c1ccc3oc(=O)ccc3c1/C=C\2C. The molecule has 3 aromatic rings. The van der Waals surface area contributed by atoms with E-state index in [1.807, 2.05) is 24.3 Å². The first-order valence-corrected chi connectivity index (χ1v) is 8.20. The zero-order chi connectivity index (χ0) is 17.6. The van der Waals surface area contributed by atoms with Gasteiger partial charge in [0, 0.05) is 36.3 Å². The molecule has 4 nitrogen and oxygen atoms in total. The topological polar surface area (TPSA) is 42.7 Å². The first-order chi connectivity index (χ1) is 12.1. The van der Waals surface area contributed by atoms with Gasteiger partial charge in [-0.25, -0.2) is 4.79 Å². The second-order valence-electron chi connectivity index (χ2n) is 6.37. The van der Waals surface area contributed by atoms with Crippen molar-refractivity contribution in [1.29, 1.82) is 0 Å². The molecule has 0 fully saturated rings. The van der Waals surface area contributed by atoms with Crippen LogP contribution >= 0.6 is 0 Å². The lowest BCUT2D eigenvalue weighted by Gasteiger charge is -2.27. The van der Waals surface area contributed by atoms with Crippen molar-refractivity contribution >= 4 is 28.3 Å². The fourth-order valence-electron chi connectivity index (χ4n) is 3.49. The van der Waals surface area contributed by atoms with Crippen molar-refractivity contribution in [3.63, 3.8) is 0 Å². The zero-order valence-corrected chi connectivity index (χ0v) is 14.5. The molecule has 0 saturated heterocycles. The van der Waals surface area contributed by atoms with Crippen molar-refractivity contribution in [2.45, 2.75) is 13.5 Å². The van der Waals surface area contributed by atoms with Gasteiger partial charge in [0.2, 0.25) is 0 Å². The van der Waals surface area contributed by atoms with Crippen LogP contribution in [-0.2, 0) is 6.54 Å². The van der Waals surface area contributed by atoms with Gasteiger partial charge in [-0.1, -0.05) is 6.07 Å². The minimum atomic E-state index is -0.329. The summed E-state index contributed by atoms with van der Waals surface area (Å²) < 4.78 is 10.7. The van der Waals surface area contributed by atoms with Crippen molar-refractivity contribution in [1.82, 2.24) is 0 Å². The Bertz CT molecular complexity index is 1060. The molecular weight excluding hydrogens is 314 g/mol. The molecule has 0 spiro atoms. The number of hydrogen-bond donors (Lipinski definition) is 0. The summed E-state index contributed by atoms with van der Waals surface area (Å²) in [6.45, 7) is 2.88. The molecule has 2 heterocycles. The molecule has 0 bridgehead atoms. The van der Waals surface area contributed by atoms with Crippen molar-refractivity contribution in [3.8, 4) is 5.75 Å². The van der Waals surface area contributed by atoms with E-state index >= 15 is 0 Å². The summed E-state index contributed by atoms with van der Waals surface area (Å²) in [6.07, 6.45) is 2.17. The maximum atomic E-state index is 11.5. The molecule has 1 aromatic heterocycles. The second-order valence-corrected chi connectivity index (χ2v) is 6.37. The summed E-state index contributed by atoms with van der Waals surface area (Å²) in [5, 5.41) is 0.945. The standard InChI is InChI=1S/C21H19NO3/c1-13-10-18-17-6-9-21(23)25-20(17)8-7-19(18)22(2)12-14-11-15(24-3)4-5-16(13)14/h4-11H,12H2,1-3H3/b13-10-. The third kappa shape index (κ3) is 2.60. The zero-order valence-electron chi connectivity index (χ0n) is 14.5. The van der Waals surface area contributed by atoms with Crippen LogP contribution in [0.5, 0.6) is 5.75 Å². The Kier molecular flexibility index (Phi) is 3.61. The molecule has 0 N–H and O–H groups in total. The smallest absolute Gasteiger partial charge is 0.336 e. The van der Waals surface area contributed by atoms with Crippen molar-refractivity contribution < 1.29 is 9.15 Å². The number of methoxy groups -OCH3 is 1. The molecule has 0 amide bonds. The lowest BCUT2D eigenvalue weighted by Crippen LogP contribution is -2.19. The highest BCUT2D eigenvalue weighted by atomic mass is 16.5. The molecule has 0 atom stereocenters. The van der Waals surface area contributed by atoms with Crippen LogP contribution in [0.2, 0.25) is 0 Å². The molecule has 0 radical (unpaired) electrons. The monoisotopic (exact) mass is 333 g/mol. The average molecular weight is 333 g/mol. The lowest BCUT2D eigenvalue weighted by atomic mass is 9.94. The maximum absolute atomic E-state index is 11.5. The number of nitrogens with zero attached hydrogens (tertiary/aromatic N) is 1. The van der Waals surface area contributed by atoms with E-state index in [1.165, 1.54) is 22.8 Å². The van der Waals surface area contributed by atoms with E-state index in [-0.39, 0.29) is 5.63 Å². The van der Waals surface area contributed by atoms with Gasteiger partial charge in [-0.15, -0.1) is 0 Å². The Morgan fingerprint density at radius 2 is 1.96 bits per heavy atom. The fourth-order valence-corrected chi connectivity index (χ4v) is 3.49.